The topological polar surface area (TPSA) is 88.3 Å². The van der Waals surface area contributed by atoms with E-state index in [2.05, 4.69) is 10.1 Å². The highest BCUT2D eigenvalue weighted by atomic mass is 16.4. The van der Waals surface area contributed by atoms with E-state index in [-0.39, 0.29) is 18.2 Å². The fourth-order valence-corrected chi connectivity index (χ4v) is 3.11. The van der Waals surface area contributed by atoms with Crippen LogP contribution in [0.1, 0.15) is 35.2 Å². The van der Waals surface area contributed by atoms with Crippen LogP contribution in [0.4, 0.5) is 0 Å². The maximum atomic E-state index is 12.8. The molecule has 1 aromatic carbocycles. The Hall–Kier alpha value is -2.70. The molecule has 0 spiro atoms. The monoisotopic (exact) mass is 328 g/mol. The lowest BCUT2D eigenvalue weighted by Crippen LogP contribution is -2.39. The van der Waals surface area contributed by atoms with Crippen molar-refractivity contribution in [3.8, 4) is 0 Å². The summed E-state index contributed by atoms with van der Waals surface area (Å²) in [6, 6.07) is 7.52. The molecule has 0 radical (unpaired) electrons. The molecule has 0 unspecified atom stereocenters. The second-order valence-corrected chi connectivity index (χ2v) is 6.08. The van der Waals surface area contributed by atoms with Crippen LogP contribution in [0.15, 0.2) is 36.9 Å². The number of aromatic nitrogens is 3. The Morgan fingerprint density at radius 1 is 1.21 bits per heavy atom. The van der Waals surface area contributed by atoms with Crippen molar-refractivity contribution in [3.63, 3.8) is 0 Å². The minimum absolute atomic E-state index is 0.000472. The molecule has 1 N–H and O–H groups in total. The zero-order chi connectivity index (χ0) is 16.9. The molecule has 1 aliphatic heterocycles. The summed E-state index contributed by atoms with van der Waals surface area (Å²) in [6.07, 6.45) is 4.76. The van der Waals surface area contributed by atoms with Crippen LogP contribution < -0.4 is 0 Å². The molecular formula is C17H20N4O3. The van der Waals surface area contributed by atoms with Crippen molar-refractivity contribution in [2.75, 3.05) is 13.1 Å². The number of carbonyl (C=O) groups excluding carboxylic acids is 1. The average Bonchev–Trinajstić information content (AvgIpc) is 3.08. The maximum Gasteiger partial charge on any atom is 0.303 e. The van der Waals surface area contributed by atoms with Gasteiger partial charge < -0.3 is 10.0 Å². The van der Waals surface area contributed by atoms with Gasteiger partial charge in [-0.25, -0.2) is 9.67 Å². The summed E-state index contributed by atoms with van der Waals surface area (Å²) in [5.74, 6) is -0.602. The first-order chi connectivity index (χ1) is 11.6. The summed E-state index contributed by atoms with van der Waals surface area (Å²) < 4.78 is 1.69. The van der Waals surface area contributed by atoms with Gasteiger partial charge in [0.2, 0.25) is 0 Å². The van der Waals surface area contributed by atoms with Crippen LogP contribution in [0.2, 0.25) is 0 Å². The van der Waals surface area contributed by atoms with E-state index in [1.165, 1.54) is 6.33 Å². The van der Waals surface area contributed by atoms with Crippen LogP contribution in [0.5, 0.6) is 0 Å². The first-order valence-electron chi connectivity index (χ1n) is 8.05. The summed E-state index contributed by atoms with van der Waals surface area (Å²) in [7, 11) is 0. The zero-order valence-corrected chi connectivity index (χ0v) is 13.3. The van der Waals surface area contributed by atoms with Gasteiger partial charge in [-0.2, -0.15) is 5.10 Å². The molecule has 3 rings (SSSR count). The lowest BCUT2D eigenvalue weighted by atomic mass is 9.93. The molecular weight excluding hydrogens is 308 g/mol. The van der Waals surface area contributed by atoms with E-state index in [1.54, 1.807) is 11.0 Å². The molecule has 7 heteroatoms. The van der Waals surface area contributed by atoms with Crippen LogP contribution >= 0.6 is 0 Å². The van der Waals surface area contributed by atoms with Crippen molar-refractivity contribution in [2.24, 2.45) is 5.92 Å². The largest absolute Gasteiger partial charge is 0.481 e. The molecule has 2 heterocycles. The summed E-state index contributed by atoms with van der Waals surface area (Å²) in [6.45, 7) is 1.71. The van der Waals surface area contributed by atoms with E-state index >= 15 is 0 Å². The number of amides is 1. The average molecular weight is 328 g/mol. The maximum absolute atomic E-state index is 12.8. The molecule has 1 saturated heterocycles. The number of aliphatic carboxylic acids is 1. The number of carbonyl (C=O) groups is 2. The predicted molar refractivity (Wildman–Crippen MR) is 86.4 cm³/mol. The van der Waals surface area contributed by atoms with Gasteiger partial charge in [0.15, 0.2) is 0 Å². The second kappa shape index (κ2) is 7.25. The Bertz CT molecular complexity index is 706. The van der Waals surface area contributed by atoms with Gasteiger partial charge in [0.1, 0.15) is 12.7 Å². The minimum atomic E-state index is -0.766. The standard InChI is InChI=1S/C17H20N4O3/c22-16(23)9-13-5-7-20(8-6-13)17(24)15-4-2-1-3-14(15)10-21-12-18-11-19-21/h1-4,11-13H,5-10H2,(H,22,23). The molecule has 1 amide bonds. The molecule has 1 aliphatic rings. The smallest absolute Gasteiger partial charge is 0.303 e. The van der Waals surface area contributed by atoms with Crippen molar-refractivity contribution in [2.45, 2.75) is 25.8 Å². The normalized spacial score (nSPS) is 15.4. The van der Waals surface area contributed by atoms with Gasteiger partial charge >= 0.3 is 5.97 Å². The number of benzene rings is 1. The number of hydrogen-bond donors (Lipinski definition) is 1. The SMILES string of the molecule is O=C(O)CC1CCN(C(=O)c2ccccc2Cn2cncn2)CC1. The third-order valence-corrected chi connectivity index (χ3v) is 4.41. The van der Waals surface area contributed by atoms with Gasteiger partial charge in [-0.1, -0.05) is 18.2 Å². The quantitative estimate of drug-likeness (QED) is 0.901. The minimum Gasteiger partial charge on any atom is -0.481 e. The summed E-state index contributed by atoms with van der Waals surface area (Å²) in [5, 5.41) is 13.0. The number of piperidine rings is 1. The van der Waals surface area contributed by atoms with E-state index in [1.807, 2.05) is 29.2 Å². The van der Waals surface area contributed by atoms with Gasteiger partial charge in [0, 0.05) is 25.1 Å². The molecule has 2 aromatic rings. The van der Waals surface area contributed by atoms with Crippen molar-refractivity contribution in [1.29, 1.82) is 0 Å². The van der Waals surface area contributed by atoms with E-state index < -0.39 is 5.97 Å². The summed E-state index contributed by atoms with van der Waals surface area (Å²) >= 11 is 0. The Kier molecular flexibility index (Phi) is 4.88. The number of carboxylic acid groups (broad SMARTS) is 1. The van der Waals surface area contributed by atoms with Crippen molar-refractivity contribution >= 4 is 11.9 Å². The third-order valence-electron chi connectivity index (χ3n) is 4.41. The van der Waals surface area contributed by atoms with Gasteiger partial charge in [0.05, 0.1) is 6.54 Å². The Labute approximate surface area is 139 Å². The summed E-state index contributed by atoms with van der Waals surface area (Å²) in [5.41, 5.74) is 1.57. The molecule has 126 valence electrons. The summed E-state index contributed by atoms with van der Waals surface area (Å²) in [4.78, 5) is 29.4. The lowest BCUT2D eigenvalue weighted by molar-refractivity contribution is -0.138. The first-order valence-corrected chi connectivity index (χ1v) is 8.05. The van der Waals surface area contributed by atoms with Gasteiger partial charge in [-0.3, -0.25) is 9.59 Å². The van der Waals surface area contributed by atoms with Crippen molar-refractivity contribution < 1.29 is 14.7 Å². The first kappa shape index (κ1) is 16.2. The molecule has 7 nitrogen and oxygen atoms in total. The van der Waals surface area contributed by atoms with E-state index in [0.29, 0.717) is 25.2 Å². The van der Waals surface area contributed by atoms with Crippen LogP contribution in [-0.2, 0) is 11.3 Å². The molecule has 0 atom stereocenters. The van der Waals surface area contributed by atoms with Gasteiger partial charge in [-0.05, 0) is 30.4 Å². The lowest BCUT2D eigenvalue weighted by Gasteiger charge is -2.31. The highest BCUT2D eigenvalue weighted by Crippen LogP contribution is 2.23. The van der Waals surface area contributed by atoms with Crippen molar-refractivity contribution in [1.82, 2.24) is 19.7 Å². The van der Waals surface area contributed by atoms with Crippen LogP contribution in [-0.4, -0.2) is 49.7 Å². The fraction of sp³-hybridized carbons (Fsp3) is 0.412. The third kappa shape index (κ3) is 3.79. The molecule has 1 fully saturated rings. The van der Waals surface area contributed by atoms with Crippen molar-refractivity contribution in [3.05, 3.63) is 48.0 Å². The van der Waals surface area contributed by atoms with Crippen LogP contribution in [0.25, 0.3) is 0 Å². The van der Waals surface area contributed by atoms with Gasteiger partial charge in [0.25, 0.3) is 5.91 Å². The molecule has 24 heavy (non-hydrogen) atoms. The number of hydrogen-bond acceptors (Lipinski definition) is 4. The Morgan fingerprint density at radius 3 is 2.62 bits per heavy atom. The second-order valence-electron chi connectivity index (χ2n) is 6.08. The molecule has 0 saturated carbocycles. The number of carboxylic acids is 1. The molecule has 0 bridgehead atoms. The predicted octanol–water partition coefficient (Wildman–Crippen LogP) is 1.65. The van der Waals surface area contributed by atoms with E-state index in [0.717, 1.165) is 18.4 Å². The van der Waals surface area contributed by atoms with Gasteiger partial charge in [-0.15, -0.1) is 0 Å². The number of rotatable bonds is 5. The Morgan fingerprint density at radius 2 is 1.96 bits per heavy atom. The van der Waals surface area contributed by atoms with Crippen LogP contribution in [0, 0.1) is 5.92 Å². The van der Waals surface area contributed by atoms with E-state index in [9.17, 15) is 9.59 Å². The zero-order valence-electron chi connectivity index (χ0n) is 13.3. The molecule has 0 aliphatic carbocycles. The highest BCUT2D eigenvalue weighted by Gasteiger charge is 2.26. The number of nitrogens with zero attached hydrogens (tertiary/aromatic N) is 4. The van der Waals surface area contributed by atoms with E-state index in [4.69, 9.17) is 5.11 Å². The van der Waals surface area contributed by atoms with Crippen LogP contribution in [0.3, 0.4) is 0 Å². The fourth-order valence-electron chi connectivity index (χ4n) is 3.11. The number of likely N-dealkylation sites (tertiary alicyclic amines) is 1. The highest BCUT2D eigenvalue weighted by molar-refractivity contribution is 5.95. The molecule has 1 aromatic heterocycles. The Balaban J connectivity index is 1.68.